The van der Waals surface area contributed by atoms with Crippen LogP contribution in [0.1, 0.15) is 61.4 Å². The summed E-state index contributed by atoms with van der Waals surface area (Å²) in [6.45, 7) is 2.17. The monoisotopic (exact) mass is 257 g/mol. The van der Waals surface area contributed by atoms with Crippen molar-refractivity contribution in [1.82, 2.24) is 5.32 Å². The highest BCUT2D eigenvalue weighted by atomic mass is 16.1. The Balaban J connectivity index is 1.91. The van der Waals surface area contributed by atoms with Crippen LogP contribution in [0.3, 0.4) is 0 Å². The fourth-order valence-electron chi connectivity index (χ4n) is 2.47. The predicted octanol–water partition coefficient (Wildman–Crippen LogP) is 4.17. The van der Waals surface area contributed by atoms with Crippen LogP contribution in [0.25, 0.3) is 6.08 Å². The molecule has 2 nitrogen and oxygen atoms in total. The summed E-state index contributed by atoms with van der Waals surface area (Å²) in [6, 6.07) is 8.23. The fourth-order valence-corrected chi connectivity index (χ4v) is 2.47. The van der Waals surface area contributed by atoms with Gasteiger partial charge in [-0.2, -0.15) is 0 Å². The smallest absolute Gasteiger partial charge is 0.251 e. The minimum absolute atomic E-state index is 0.0657. The van der Waals surface area contributed by atoms with Crippen LogP contribution >= 0.6 is 0 Å². The minimum Gasteiger partial charge on any atom is -0.349 e. The molecule has 0 bridgehead atoms. The predicted molar refractivity (Wildman–Crippen MR) is 80.1 cm³/mol. The van der Waals surface area contributed by atoms with Gasteiger partial charge in [-0.25, -0.2) is 0 Å². The summed E-state index contributed by atoms with van der Waals surface area (Å²) in [5.74, 6) is 0.0657. The normalized spacial score (nSPS) is 16.1. The van der Waals surface area contributed by atoms with Gasteiger partial charge in [0.2, 0.25) is 0 Å². The third kappa shape index (κ3) is 4.23. The topological polar surface area (TPSA) is 29.1 Å². The Labute approximate surface area is 115 Å². The molecule has 2 heteroatoms. The molecular weight excluding hydrogens is 234 g/mol. The molecule has 1 amide bonds. The molecule has 1 N–H and O–H groups in total. The summed E-state index contributed by atoms with van der Waals surface area (Å²) in [5.41, 5.74) is 1.92. The minimum atomic E-state index is 0.0657. The van der Waals surface area contributed by atoms with E-state index in [1.54, 1.807) is 0 Å². The number of amides is 1. The van der Waals surface area contributed by atoms with E-state index in [1.807, 2.05) is 24.3 Å². The Hall–Kier alpha value is -1.57. The van der Waals surface area contributed by atoms with Crippen molar-refractivity contribution in [2.24, 2.45) is 0 Å². The maximum atomic E-state index is 12.0. The van der Waals surface area contributed by atoms with E-state index in [9.17, 15) is 4.79 Å². The molecule has 1 aliphatic carbocycles. The summed E-state index contributed by atoms with van der Waals surface area (Å²) < 4.78 is 0. The van der Waals surface area contributed by atoms with Gasteiger partial charge in [0.25, 0.3) is 5.91 Å². The lowest BCUT2D eigenvalue weighted by atomic mass is 10.1. The highest BCUT2D eigenvalue weighted by Gasteiger charge is 2.17. The summed E-state index contributed by atoms with van der Waals surface area (Å²) in [5, 5.41) is 3.11. The summed E-state index contributed by atoms with van der Waals surface area (Å²) in [6.07, 6.45) is 11.3. The van der Waals surface area contributed by atoms with Crippen LogP contribution < -0.4 is 5.32 Å². The van der Waals surface area contributed by atoms with Gasteiger partial charge in [0.1, 0.15) is 0 Å². The van der Waals surface area contributed by atoms with E-state index < -0.39 is 0 Å². The lowest BCUT2D eigenvalue weighted by molar-refractivity contribution is 0.0938. The van der Waals surface area contributed by atoms with Crippen LogP contribution in [-0.4, -0.2) is 11.9 Å². The van der Waals surface area contributed by atoms with Gasteiger partial charge in [-0.3, -0.25) is 4.79 Å². The van der Waals surface area contributed by atoms with Gasteiger partial charge in [-0.1, -0.05) is 50.5 Å². The van der Waals surface area contributed by atoms with E-state index >= 15 is 0 Å². The average Bonchev–Trinajstić information content (AvgIpc) is 2.93. The molecule has 2 rings (SSSR count). The van der Waals surface area contributed by atoms with Crippen molar-refractivity contribution in [3.8, 4) is 0 Å². The van der Waals surface area contributed by atoms with Crippen molar-refractivity contribution < 1.29 is 4.79 Å². The van der Waals surface area contributed by atoms with Crippen LogP contribution in [0.15, 0.2) is 30.3 Å². The second kappa shape index (κ2) is 7.13. The Morgan fingerprint density at radius 2 is 1.95 bits per heavy atom. The lowest BCUT2D eigenvalue weighted by Crippen LogP contribution is -2.32. The Kier molecular flexibility index (Phi) is 5.20. The molecule has 102 valence electrons. The molecule has 0 saturated heterocycles. The van der Waals surface area contributed by atoms with Gasteiger partial charge in [0.15, 0.2) is 0 Å². The molecule has 19 heavy (non-hydrogen) atoms. The quantitative estimate of drug-likeness (QED) is 0.842. The SMILES string of the molecule is CCC/C=C/c1ccc(C(=O)NC2CCCC2)cc1. The summed E-state index contributed by atoms with van der Waals surface area (Å²) >= 11 is 0. The first kappa shape index (κ1) is 13.9. The van der Waals surface area contributed by atoms with Crippen LogP contribution in [0, 0.1) is 0 Å². The van der Waals surface area contributed by atoms with Crippen molar-refractivity contribution in [3.63, 3.8) is 0 Å². The number of hydrogen-bond donors (Lipinski definition) is 1. The fraction of sp³-hybridized carbons (Fsp3) is 0.471. The number of carbonyl (C=O) groups excluding carboxylic acids is 1. The van der Waals surface area contributed by atoms with E-state index in [2.05, 4.69) is 24.4 Å². The third-order valence-electron chi connectivity index (χ3n) is 3.63. The molecule has 0 heterocycles. The van der Waals surface area contributed by atoms with Crippen molar-refractivity contribution in [1.29, 1.82) is 0 Å². The van der Waals surface area contributed by atoms with Crippen molar-refractivity contribution in [2.45, 2.75) is 51.5 Å². The molecular formula is C17H23NO. The van der Waals surface area contributed by atoms with Crippen LogP contribution in [-0.2, 0) is 0 Å². The van der Waals surface area contributed by atoms with E-state index in [-0.39, 0.29) is 5.91 Å². The van der Waals surface area contributed by atoms with Gasteiger partial charge in [-0.05, 0) is 37.0 Å². The average molecular weight is 257 g/mol. The zero-order valence-electron chi connectivity index (χ0n) is 11.7. The molecule has 1 aromatic carbocycles. The van der Waals surface area contributed by atoms with E-state index in [4.69, 9.17) is 0 Å². The second-order valence-electron chi connectivity index (χ2n) is 5.27. The number of allylic oxidation sites excluding steroid dienone is 1. The lowest BCUT2D eigenvalue weighted by Gasteiger charge is -2.11. The standard InChI is InChI=1S/C17H23NO/c1-2-3-4-7-14-10-12-15(13-11-14)17(19)18-16-8-5-6-9-16/h4,7,10-13,16H,2-3,5-6,8-9H2,1H3,(H,18,19)/b7-4+. The first-order valence-corrected chi connectivity index (χ1v) is 7.37. The molecule has 1 aromatic rings. The maximum Gasteiger partial charge on any atom is 0.251 e. The summed E-state index contributed by atoms with van der Waals surface area (Å²) in [7, 11) is 0. The van der Waals surface area contributed by atoms with Gasteiger partial charge in [-0.15, -0.1) is 0 Å². The number of nitrogens with one attached hydrogen (secondary N) is 1. The number of rotatable bonds is 5. The molecule has 0 radical (unpaired) electrons. The number of benzene rings is 1. The van der Waals surface area contributed by atoms with Gasteiger partial charge in [0.05, 0.1) is 0 Å². The first-order valence-electron chi connectivity index (χ1n) is 7.37. The van der Waals surface area contributed by atoms with Crippen molar-refractivity contribution in [3.05, 3.63) is 41.5 Å². The first-order chi connectivity index (χ1) is 9.29. The molecule has 0 atom stereocenters. The molecule has 1 fully saturated rings. The second-order valence-corrected chi connectivity index (χ2v) is 5.27. The number of hydrogen-bond acceptors (Lipinski definition) is 1. The van der Waals surface area contributed by atoms with E-state index in [1.165, 1.54) is 19.3 Å². The Morgan fingerprint density at radius 1 is 1.26 bits per heavy atom. The van der Waals surface area contributed by atoms with Gasteiger partial charge >= 0.3 is 0 Å². The van der Waals surface area contributed by atoms with Crippen LogP contribution in [0.2, 0.25) is 0 Å². The van der Waals surface area contributed by atoms with Gasteiger partial charge < -0.3 is 5.32 Å². The maximum absolute atomic E-state index is 12.0. The Morgan fingerprint density at radius 3 is 2.58 bits per heavy atom. The molecule has 0 unspecified atom stereocenters. The van der Waals surface area contributed by atoms with Crippen molar-refractivity contribution >= 4 is 12.0 Å². The van der Waals surface area contributed by atoms with Crippen LogP contribution in [0.4, 0.5) is 0 Å². The zero-order chi connectivity index (χ0) is 13.5. The van der Waals surface area contributed by atoms with Gasteiger partial charge in [0, 0.05) is 11.6 Å². The number of unbranched alkanes of at least 4 members (excludes halogenated alkanes) is 1. The molecule has 0 aromatic heterocycles. The molecule has 0 spiro atoms. The molecule has 0 aliphatic heterocycles. The van der Waals surface area contributed by atoms with Crippen molar-refractivity contribution in [2.75, 3.05) is 0 Å². The highest BCUT2D eigenvalue weighted by Crippen LogP contribution is 2.18. The largest absolute Gasteiger partial charge is 0.349 e. The van der Waals surface area contributed by atoms with E-state index in [0.717, 1.165) is 30.4 Å². The molecule has 1 aliphatic rings. The van der Waals surface area contributed by atoms with E-state index in [0.29, 0.717) is 6.04 Å². The van der Waals surface area contributed by atoms with Crippen LogP contribution in [0.5, 0.6) is 0 Å². The summed E-state index contributed by atoms with van der Waals surface area (Å²) in [4.78, 5) is 12.0. The highest BCUT2D eigenvalue weighted by molar-refractivity contribution is 5.94. The third-order valence-corrected chi connectivity index (χ3v) is 3.63. The Bertz CT molecular complexity index is 427. The number of carbonyl (C=O) groups is 1. The molecule has 1 saturated carbocycles. The zero-order valence-corrected chi connectivity index (χ0v) is 11.7.